The number of ether oxygens (including phenoxy) is 1. The second kappa shape index (κ2) is 5.60. The van der Waals surface area contributed by atoms with Crippen LogP contribution in [0.15, 0.2) is 24.3 Å². The van der Waals surface area contributed by atoms with E-state index in [0.29, 0.717) is 16.4 Å². The van der Waals surface area contributed by atoms with Gasteiger partial charge in [0.2, 0.25) is 0 Å². The number of hydrogen-bond donors (Lipinski definition) is 2. The number of aromatic carboxylic acids is 1. The number of carboxylic acids is 1. The molecule has 0 unspecified atom stereocenters. The molecule has 0 fully saturated rings. The first-order chi connectivity index (χ1) is 9.76. The summed E-state index contributed by atoms with van der Waals surface area (Å²) >= 11 is 0.960. The maximum atomic E-state index is 12.0. The Morgan fingerprint density at radius 2 is 1.95 bits per heavy atom. The maximum absolute atomic E-state index is 12.0. The number of halogens is 3. The summed E-state index contributed by atoms with van der Waals surface area (Å²) < 4.78 is 43.7. The maximum Gasteiger partial charge on any atom is 0.573 e. The average Bonchev–Trinajstić information content (AvgIpc) is 2.71. The molecule has 2 rings (SSSR count). The summed E-state index contributed by atoms with van der Waals surface area (Å²) in [6.07, 6.45) is -4.75. The number of aryl methyl sites for hydroxylation is 1. The Morgan fingerprint density at radius 1 is 1.33 bits per heavy atom. The summed E-state index contributed by atoms with van der Waals surface area (Å²) in [5.41, 5.74) is 0.832. The van der Waals surface area contributed by atoms with Crippen LogP contribution < -0.4 is 10.1 Å². The van der Waals surface area contributed by atoms with E-state index in [9.17, 15) is 18.0 Å². The zero-order valence-electron chi connectivity index (χ0n) is 10.6. The van der Waals surface area contributed by atoms with Crippen molar-refractivity contribution < 1.29 is 27.8 Å². The number of rotatable bonds is 4. The highest BCUT2D eigenvalue weighted by Gasteiger charge is 2.31. The van der Waals surface area contributed by atoms with Crippen LogP contribution >= 0.6 is 11.5 Å². The Kier molecular flexibility index (Phi) is 4.03. The smallest absolute Gasteiger partial charge is 0.478 e. The Labute approximate surface area is 121 Å². The van der Waals surface area contributed by atoms with Gasteiger partial charge in [0.15, 0.2) is 0 Å². The topological polar surface area (TPSA) is 71.5 Å². The predicted molar refractivity (Wildman–Crippen MR) is 70.2 cm³/mol. The van der Waals surface area contributed by atoms with E-state index in [1.807, 2.05) is 0 Å². The number of anilines is 2. The monoisotopic (exact) mass is 318 g/mol. The largest absolute Gasteiger partial charge is 0.573 e. The van der Waals surface area contributed by atoms with E-state index < -0.39 is 12.3 Å². The SMILES string of the molecule is Cc1nsc(Nc2ccc(OC(F)(F)F)cc2)c1C(=O)O. The molecule has 0 atom stereocenters. The Balaban J connectivity index is 2.16. The molecule has 0 amide bonds. The average molecular weight is 318 g/mol. The van der Waals surface area contributed by atoms with Gasteiger partial charge in [0, 0.05) is 5.69 Å². The van der Waals surface area contributed by atoms with Gasteiger partial charge in [-0.3, -0.25) is 0 Å². The molecule has 0 aliphatic heterocycles. The number of carbonyl (C=O) groups is 1. The van der Waals surface area contributed by atoms with Crippen LogP contribution in [0.2, 0.25) is 0 Å². The molecule has 2 N–H and O–H groups in total. The molecule has 0 bridgehead atoms. The molecule has 0 aliphatic rings. The van der Waals surface area contributed by atoms with Gasteiger partial charge in [-0.25, -0.2) is 4.79 Å². The minimum atomic E-state index is -4.75. The number of nitrogens with zero attached hydrogens (tertiary/aromatic N) is 1. The number of benzene rings is 1. The van der Waals surface area contributed by atoms with Crippen molar-refractivity contribution in [3.05, 3.63) is 35.5 Å². The summed E-state index contributed by atoms with van der Waals surface area (Å²) in [7, 11) is 0. The van der Waals surface area contributed by atoms with Crippen LogP contribution in [-0.2, 0) is 0 Å². The summed E-state index contributed by atoms with van der Waals surface area (Å²) in [5, 5.41) is 12.2. The van der Waals surface area contributed by atoms with Gasteiger partial charge in [-0.1, -0.05) is 0 Å². The lowest BCUT2D eigenvalue weighted by Crippen LogP contribution is -2.16. The molecule has 9 heteroatoms. The van der Waals surface area contributed by atoms with E-state index in [2.05, 4.69) is 14.4 Å². The van der Waals surface area contributed by atoms with Crippen molar-refractivity contribution in [3.8, 4) is 5.75 Å². The summed E-state index contributed by atoms with van der Waals surface area (Å²) in [5.74, 6) is -1.48. The normalized spacial score (nSPS) is 11.2. The zero-order valence-corrected chi connectivity index (χ0v) is 11.4. The van der Waals surface area contributed by atoms with E-state index in [1.165, 1.54) is 12.1 Å². The molecule has 21 heavy (non-hydrogen) atoms. The van der Waals surface area contributed by atoms with Gasteiger partial charge < -0.3 is 15.2 Å². The van der Waals surface area contributed by atoms with Gasteiger partial charge in [-0.15, -0.1) is 13.2 Å². The molecule has 0 saturated carbocycles. The van der Waals surface area contributed by atoms with Crippen LogP contribution in [0.3, 0.4) is 0 Å². The fourth-order valence-corrected chi connectivity index (χ4v) is 2.39. The minimum absolute atomic E-state index is 0.0376. The highest BCUT2D eigenvalue weighted by atomic mass is 32.1. The van der Waals surface area contributed by atoms with Crippen molar-refractivity contribution in [2.75, 3.05) is 5.32 Å². The number of carboxylic acid groups (broad SMARTS) is 1. The van der Waals surface area contributed by atoms with E-state index in [1.54, 1.807) is 6.92 Å². The summed E-state index contributed by atoms with van der Waals surface area (Å²) in [6, 6.07) is 4.96. The zero-order chi connectivity index (χ0) is 15.6. The molecular weight excluding hydrogens is 309 g/mol. The fourth-order valence-electron chi connectivity index (χ4n) is 1.58. The lowest BCUT2D eigenvalue weighted by atomic mass is 10.2. The molecule has 0 radical (unpaired) electrons. The highest BCUT2D eigenvalue weighted by Crippen LogP contribution is 2.29. The Hall–Kier alpha value is -2.29. The molecule has 112 valence electrons. The minimum Gasteiger partial charge on any atom is -0.478 e. The van der Waals surface area contributed by atoms with Gasteiger partial charge >= 0.3 is 12.3 Å². The van der Waals surface area contributed by atoms with E-state index in [0.717, 1.165) is 23.7 Å². The van der Waals surface area contributed by atoms with Crippen LogP contribution in [0, 0.1) is 6.92 Å². The van der Waals surface area contributed by atoms with Crippen molar-refractivity contribution in [2.45, 2.75) is 13.3 Å². The highest BCUT2D eigenvalue weighted by molar-refractivity contribution is 7.10. The van der Waals surface area contributed by atoms with Crippen LogP contribution in [0.4, 0.5) is 23.9 Å². The van der Waals surface area contributed by atoms with Crippen molar-refractivity contribution >= 4 is 28.2 Å². The molecule has 0 spiro atoms. The number of alkyl halides is 3. The Morgan fingerprint density at radius 3 is 2.48 bits per heavy atom. The summed E-state index contributed by atoms with van der Waals surface area (Å²) in [4.78, 5) is 11.1. The van der Waals surface area contributed by atoms with Gasteiger partial charge in [-0.05, 0) is 42.7 Å². The van der Waals surface area contributed by atoms with Gasteiger partial charge in [0.25, 0.3) is 0 Å². The van der Waals surface area contributed by atoms with Crippen molar-refractivity contribution in [2.24, 2.45) is 0 Å². The number of aromatic nitrogens is 1. The second-order valence-corrected chi connectivity index (χ2v) is 4.75. The quantitative estimate of drug-likeness (QED) is 0.897. The summed E-state index contributed by atoms with van der Waals surface area (Å²) in [6.45, 7) is 1.56. The van der Waals surface area contributed by atoms with Crippen molar-refractivity contribution in [1.29, 1.82) is 0 Å². The molecular formula is C12H9F3N2O3S. The molecule has 5 nitrogen and oxygen atoms in total. The molecule has 0 saturated heterocycles. The first-order valence-corrected chi connectivity index (χ1v) is 6.36. The first-order valence-electron chi connectivity index (χ1n) is 5.58. The lowest BCUT2D eigenvalue weighted by molar-refractivity contribution is -0.274. The number of hydrogen-bond acceptors (Lipinski definition) is 5. The van der Waals surface area contributed by atoms with Crippen molar-refractivity contribution in [3.63, 3.8) is 0 Å². The molecule has 0 aliphatic carbocycles. The molecule has 1 aromatic heterocycles. The van der Waals surface area contributed by atoms with Crippen LogP contribution in [0.1, 0.15) is 16.1 Å². The fraction of sp³-hybridized carbons (Fsp3) is 0.167. The molecule has 2 aromatic rings. The third-order valence-electron chi connectivity index (χ3n) is 2.42. The van der Waals surface area contributed by atoms with Crippen LogP contribution in [-0.4, -0.2) is 21.8 Å². The van der Waals surface area contributed by atoms with E-state index >= 15 is 0 Å². The van der Waals surface area contributed by atoms with Crippen LogP contribution in [0.25, 0.3) is 0 Å². The van der Waals surface area contributed by atoms with Gasteiger partial charge in [0.05, 0.1) is 5.69 Å². The van der Waals surface area contributed by atoms with Gasteiger partial charge in [0.1, 0.15) is 16.3 Å². The third-order valence-corrected chi connectivity index (χ3v) is 3.28. The predicted octanol–water partition coefficient (Wildman–Crippen LogP) is 3.79. The second-order valence-electron chi connectivity index (χ2n) is 3.97. The first kappa shape index (κ1) is 15.1. The number of nitrogens with one attached hydrogen (secondary N) is 1. The van der Waals surface area contributed by atoms with E-state index in [4.69, 9.17) is 5.11 Å². The third kappa shape index (κ3) is 3.85. The molecule has 1 aromatic carbocycles. The van der Waals surface area contributed by atoms with Crippen molar-refractivity contribution in [1.82, 2.24) is 4.37 Å². The lowest BCUT2D eigenvalue weighted by Gasteiger charge is -2.10. The van der Waals surface area contributed by atoms with Gasteiger partial charge in [-0.2, -0.15) is 4.37 Å². The van der Waals surface area contributed by atoms with E-state index in [-0.39, 0.29) is 11.3 Å². The standard InChI is InChI=1S/C12H9F3N2O3S/c1-6-9(11(18)19)10(21-17-6)16-7-2-4-8(5-3-7)20-12(13,14)15/h2-5,16H,1H3,(H,18,19). The Bertz CT molecular complexity index is 653. The van der Waals surface area contributed by atoms with Crippen LogP contribution in [0.5, 0.6) is 5.75 Å². The molecule has 1 heterocycles.